The topological polar surface area (TPSA) is 276 Å². The van der Waals surface area contributed by atoms with E-state index in [4.69, 9.17) is 25.2 Å². The maximum absolute atomic E-state index is 11.8. The zero-order chi connectivity index (χ0) is 23.2. The molecule has 0 amide bonds. The lowest BCUT2D eigenvalue weighted by atomic mass is 10.1. The quantitative estimate of drug-likeness (QED) is 0.163. The van der Waals surface area contributed by atoms with Crippen molar-refractivity contribution >= 4 is 42.0 Å². The second kappa shape index (κ2) is 8.68. The standard InChI is InChI=1S/C10H18N5O13P3/c11-8-5-9(13-2-12-8)15(3-14-5)10-7(17)6(16)4(26-10)1-25-30(21,22)28-31(23,24)27-29(18,19)20/h2-7,9-10,16-17H,1H2,(H,21,22)(H,23,24)(H2,11,12,13)(H2,18,19,20)/t4-,5?,6-,7-,9?,10-/m1/s1. The minimum Gasteiger partial charge on any atom is -0.387 e. The molecule has 0 aromatic carbocycles. The number of aliphatic hydroxyl groups is 2. The summed E-state index contributed by atoms with van der Waals surface area (Å²) >= 11 is 0. The van der Waals surface area contributed by atoms with Crippen LogP contribution < -0.4 is 5.73 Å². The maximum atomic E-state index is 11.8. The van der Waals surface area contributed by atoms with Gasteiger partial charge >= 0.3 is 23.5 Å². The zero-order valence-electron chi connectivity index (χ0n) is 15.1. The molecule has 31 heavy (non-hydrogen) atoms. The van der Waals surface area contributed by atoms with Crippen LogP contribution in [0.2, 0.25) is 0 Å². The Hall–Kier alpha value is -1.10. The van der Waals surface area contributed by atoms with Crippen molar-refractivity contribution in [2.75, 3.05) is 6.61 Å². The molecule has 0 aliphatic carbocycles. The Bertz CT molecular complexity index is 937. The van der Waals surface area contributed by atoms with E-state index >= 15 is 0 Å². The average Bonchev–Trinajstić information content (AvgIpc) is 3.13. The average molecular weight is 509 g/mol. The van der Waals surface area contributed by atoms with Gasteiger partial charge < -0.3 is 45.2 Å². The fourth-order valence-corrected chi connectivity index (χ4v) is 5.92. The van der Waals surface area contributed by atoms with E-state index in [0.717, 1.165) is 0 Å². The smallest absolute Gasteiger partial charge is 0.387 e. The predicted octanol–water partition coefficient (Wildman–Crippen LogP) is -2.79. The number of hydrogen-bond acceptors (Lipinski definition) is 14. The van der Waals surface area contributed by atoms with Crippen molar-refractivity contribution in [3.63, 3.8) is 0 Å². The van der Waals surface area contributed by atoms with Gasteiger partial charge in [0.1, 0.15) is 36.5 Å². The largest absolute Gasteiger partial charge is 0.490 e. The molecule has 18 nitrogen and oxygen atoms in total. The molecule has 0 bridgehead atoms. The van der Waals surface area contributed by atoms with Crippen molar-refractivity contribution in [1.82, 2.24) is 4.90 Å². The summed E-state index contributed by atoms with van der Waals surface area (Å²) in [6, 6.07) is -0.646. The van der Waals surface area contributed by atoms with Crippen LogP contribution in [0, 0.1) is 0 Å². The molecular weight excluding hydrogens is 491 g/mol. The number of nitrogens with zero attached hydrogens (tertiary/aromatic N) is 4. The molecule has 3 aliphatic heterocycles. The van der Waals surface area contributed by atoms with E-state index in [1.54, 1.807) is 0 Å². The lowest BCUT2D eigenvalue weighted by Gasteiger charge is -2.31. The highest BCUT2D eigenvalue weighted by molar-refractivity contribution is 7.66. The molecule has 21 heteroatoms. The van der Waals surface area contributed by atoms with E-state index in [2.05, 4.69) is 28.1 Å². The van der Waals surface area contributed by atoms with Gasteiger partial charge in [0.05, 0.1) is 12.9 Å². The number of fused-ring (bicyclic) bond motifs is 1. The second-order valence-electron chi connectivity index (χ2n) is 6.32. The molecule has 3 heterocycles. The Balaban J connectivity index is 1.61. The van der Waals surface area contributed by atoms with Gasteiger partial charge in [-0.1, -0.05) is 0 Å². The summed E-state index contributed by atoms with van der Waals surface area (Å²) in [5.41, 5.74) is 5.72. The first kappa shape index (κ1) is 24.5. The van der Waals surface area contributed by atoms with Crippen molar-refractivity contribution in [2.24, 2.45) is 20.7 Å². The monoisotopic (exact) mass is 509 g/mol. The Morgan fingerprint density at radius 3 is 2.39 bits per heavy atom. The van der Waals surface area contributed by atoms with Gasteiger partial charge in [0.15, 0.2) is 12.4 Å². The Morgan fingerprint density at radius 2 is 1.74 bits per heavy atom. The highest BCUT2D eigenvalue weighted by atomic mass is 31.3. The van der Waals surface area contributed by atoms with Gasteiger partial charge in [-0.05, 0) is 0 Å². The molecule has 0 spiro atoms. The third kappa shape index (κ3) is 5.83. The van der Waals surface area contributed by atoms with E-state index in [0.29, 0.717) is 0 Å². The molecule has 1 fully saturated rings. The van der Waals surface area contributed by atoms with Gasteiger partial charge in [0, 0.05) is 0 Å². The summed E-state index contributed by atoms with van der Waals surface area (Å²) in [7, 11) is -16.7. The van der Waals surface area contributed by atoms with Gasteiger partial charge in [-0.2, -0.15) is 8.62 Å². The van der Waals surface area contributed by atoms with E-state index < -0.39 is 66.8 Å². The summed E-state index contributed by atoms with van der Waals surface area (Å²) in [6.45, 7) is -0.940. The van der Waals surface area contributed by atoms with Crippen LogP contribution >= 0.6 is 23.5 Å². The Kier molecular flexibility index (Phi) is 6.87. The number of nitrogens with two attached hydrogens (primary N) is 1. The van der Waals surface area contributed by atoms with Crippen molar-refractivity contribution in [1.29, 1.82) is 0 Å². The van der Waals surface area contributed by atoms with Crippen molar-refractivity contribution < 1.29 is 61.4 Å². The SMILES string of the molecule is NC1=NC=NC2C1N=CN2[C@@H]1O[C@H](COP(=O)(O)OP(=O)(O)OP(=O)(O)O)[C@@H](O)[C@H]1O. The number of aliphatic hydroxyl groups excluding tert-OH is 2. The van der Waals surface area contributed by atoms with Crippen LogP contribution in [0.15, 0.2) is 15.0 Å². The normalized spacial score (nSPS) is 36.7. The molecular formula is C10H18N5O13P3. The molecule has 8 N–H and O–H groups in total. The van der Waals surface area contributed by atoms with Crippen LogP contribution in [-0.2, 0) is 31.6 Å². The predicted molar refractivity (Wildman–Crippen MR) is 98.5 cm³/mol. The number of ether oxygens (including phenoxy) is 1. The van der Waals surface area contributed by atoms with Crippen LogP contribution in [-0.4, -0.2) is 96.6 Å². The van der Waals surface area contributed by atoms with Gasteiger partial charge in [-0.3, -0.25) is 9.52 Å². The molecule has 3 rings (SSSR count). The molecule has 176 valence electrons. The number of phosphoric ester groups is 1. The van der Waals surface area contributed by atoms with Gasteiger partial charge in [-0.15, -0.1) is 0 Å². The van der Waals surface area contributed by atoms with Crippen molar-refractivity contribution in [3.8, 4) is 0 Å². The lowest BCUT2D eigenvalue weighted by molar-refractivity contribution is -0.0770. The fraction of sp³-hybridized carbons (Fsp3) is 0.700. The summed E-state index contributed by atoms with van der Waals surface area (Å²) in [4.78, 5) is 48.9. The molecule has 3 aliphatic rings. The van der Waals surface area contributed by atoms with Crippen LogP contribution in [0.1, 0.15) is 0 Å². The molecule has 0 radical (unpaired) electrons. The van der Waals surface area contributed by atoms with Crippen LogP contribution in [0.5, 0.6) is 0 Å². The molecule has 4 unspecified atom stereocenters. The van der Waals surface area contributed by atoms with E-state index in [1.807, 2.05) is 0 Å². The van der Waals surface area contributed by atoms with Crippen LogP contribution in [0.25, 0.3) is 0 Å². The van der Waals surface area contributed by atoms with E-state index in [-0.39, 0.29) is 5.84 Å². The molecule has 1 saturated heterocycles. The number of hydrogen-bond donors (Lipinski definition) is 7. The summed E-state index contributed by atoms with van der Waals surface area (Å²) < 4.78 is 50.7. The summed E-state index contributed by atoms with van der Waals surface area (Å²) in [5.74, 6) is 0.163. The Morgan fingerprint density at radius 1 is 1.06 bits per heavy atom. The fourth-order valence-electron chi connectivity index (χ4n) is 2.89. The van der Waals surface area contributed by atoms with E-state index in [1.165, 1.54) is 17.6 Å². The first-order chi connectivity index (χ1) is 14.2. The second-order valence-corrected chi connectivity index (χ2v) is 10.7. The third-order valence-corrected chi connectivity index (χ3v) is 7.93. The first-order valence-corrected chi connectivity index (χ1v) is 12.7. The van der Waals surface area contributed by atoms with Gasteiger partial charge in [0.25, 0.3) is 0 Å². The van der Waals surface area contributed by atoms with Crippen LogP contribution in [0.3, 0.4) is 0 Å². The summed E-state index contributed by atoms with van der Waals surface area (Å²) in [5, 5.41) is 20.4. The molecule has 0 aromatic rings. The summed E-state index contributed by atoms with van der Waals surface area (Å²) in [6.07, 6.45) is -4.14. The van der Waals surface area contributed by atoms with Crippen LogP contribution in [0.4, 0.5) is 0 Å². The number of aliphatic imine (C=N–C) groups is 3. The maximum Gasteiger partial charge on any atom is 0.490 e. The highest BCUT2D eigenvalue weighted by Gasteiger charge is 2.51. The minimum atomic E-state index is -5.69. The Labute approximate surface area is 173 Å². The van der Waals surface area contributed by atoms with Gasteiger partial charge in [0.2, 0.25) is 0 Å². The number of amidine groups is 1. The lowest BCUT2D eigenvalue weighted by Crippen LogP contribution is -2.51. The number of phosphoric acid groups is 3. The highest BCUT2D eigenvalue weighted by Crippen LogP contribution is 2.66. The number of rotatable bonds is 8. The third-order valence-electron chi connectivity index (χ3n) is 4.13. The van der Waals surface area contributed by atoms with Crippen molar-refractivity contribution in [2.45, 2.75) is 36.7 Å². The van der Waals surface area contributed by atoms with Gasteiger partial charge in [-0.25, -0.2) is 23.7 Å². The molecule has 8 atom stereocenters. The zero-order valence-corrected chi connectivity index (χ0v) is 17.8. The first-order valence-electron chi connectivity index (χ1n) is 8.15. The molecule has 0 saturated carbocycles. The van der Waals surface area contributed by atoms with Crippen molar-refractivity contribution in [3.05, 3.63) is 0 Å². The minimum absolute atomic E-state index is 0.163. The molecule has 0 aromatic heterocycles. The van der Waals surface area contributed by atoms with E-state index in [9.17, 15) is 28.8 Å².